The molecule has 2 heterocycles. The topological polar surface area (TPSA) is 82.8 Å². The quantitative estimate of drug-likeness (QED) is 0.470. The molecule has 98 valence electrons. The summed E-state index contributed by atoms with van der Waals surface area (Å²) in [7, 11) is 0. The molecule has 0 amide bonds. The van der Waals surface area contributed by atoms with E-state index in [4.69, 9.17) is 5.11 Å². The van der Waals surface area contributed by atoms with Gasteiger partial charge in [0.15, 0.2) is 0 Å². The Labute approximate surface area is 114 Å². The molecule has 0 unspecified atom stereocenters. The summed E-state index contributed by atoms with van der Waals surface area (Å²) in [6.45, 7) is 4.23. The van der Waals surface area contributed by atoms with E-state index < -0.39 is 5.97 Å². The van der Waals surface area contributed by atoms with E-state index in [0.29, 0.717) is 11.7 Å². The third kappa shape index (κ3) is 3.19. The zero-order valence-electron chi connectivity index (χ0n) is 10.1. The summed E-state index contributed by atoms with van der Waals surface area (Å²) < 4.78 is 1.85. The number of aliphatic carboxylic acids is 1. The number of nitrogens with one attached hydrogen (secondary N) is 1. The van der Waals surface area contributed by atoms with Crippen LogP contribution in [0.2, 0.25) is 0 Å². The maximum absolute atomic E-state index is 10.6. The number of allylic oxidation sites excluding steroid dienone is 1. The van der Waals surface area contributed by atoms with Crippen molar-refractivity contribution in [3.8, 4) is 11.5 Å². The lowest BCUT2D eigenvalue weighted by atomic mass is 10.3. The van der Waals surface area contributed by atoms with Gasteiger partial charge < -0.3 is 5.11 Å². The Morgan fingerprint density at radius 3 is 3.05 bits per heavy atom. The van der Waals surface area contributed by atoms with Crippen LogP contribution in [0.4, 0.5) is 0 Å². The van der Waals surface area contributed by atoms with E-state index in [1.54, 1.807) is 12.3 Å². The van der Waals surface area contributed by atoms with Gasteiger partial charge in [0.2, 0.25) is 0 Å². The highest BCUT2D eigenvalue weighted by atomic mass is 32.2. The van der Waals surface area contributed by atoms with Crippen LogP contribution in [0.15, 0.2) is 42.2 Å². The second kappa shape index (κ2) is 6.14. The third-order valence-electron chi connectivity index (χ3n) is 2.30. The van der Waals surface area contributed by atoms with Gasteiger partial charge in [-0.1, -0.05) is 18.7 Å². The van der Waals surface area contributed by atoms with Crippen molar-refractivity contribution in [1.29, 1.82) is 0 Å². The molecular weight excluding hydrogens is 264 g/mol. The van der Waals surface area contributed by atoms with E-state index in [9.17, 15) is 4.79 Å². The Morgan fingerprint density at radius 1 is 1.58 bits per heavy atom. The number of carboxylic acids is 1. The fraction of sp³-hybridized carbons (Fsp3) is 0.167. The molecule has 0 saturated heterocycles. The molecule has 2 aromatic heterocycles. The summed E-state index contributed by atoms with van der Waals surface area (Å²) in [5.41, 5.74) is 0.749. The number of carboxylic acid groups (broad SMARTS) is 1. The highest BCUT2D eigenvalue weighted by molar-refractivity contribution is 7.99. The normalized spacial score (nSPS) is 10.3. The van der Waals surface area contributed by atoms with Crippen molar-refractivity contribution >= 4 is 17.7 Å². The number of carbonyl (C=O) groups is 1. The molecule has 0 fully saturated rings. The number of aromatic nitrogens is 4. The van der Waals surface area contributed by atoms with Gasteiger partial charge in [0.1, 0.15) is 11.4 Å². The van der Waals surface area contributed by atoms with Crippen molar-refractivity contribution in [2.45, 2.75) is 11.7 Å². The fourth-order valence-corrected chi connectivity index (χ4v) is 2.23. The first-order valence-corrected chi connectivity index (χ1v) is 6.56. The van der Waals surface area contributed by atoms with Crippen LogP contribution in [0.1, 0.15) is 0 Å². The van der Waals surface area contributed by atoms with Crippen molar-refractivity contribution in [2.24, 2.45) is 0 Å². The van der Waals surface area contributed by atoms with E-state index in [0.717, 1.165) is 23.3 Å². The summed E-state index contributed by atoms with van der Waals surface area (Å²) >= 11 is 1.16. The second-order valence-corrected chi connectivity index (χ2v) is 4.59. The molecule has 0 saturated carbocycles. The van der Waals surface area contributed by atoms with Crippen LogP contribution in [0.5, 0.6) is 0 Å². The molecule has 0 atom stereocenters. The molecule has 2 N–H and O–H groups in total. The van der Waals surface area contributed by atoms with Crippen molar-refractivity contribution in [3.63, 3.8) is 0 Å². The lowest BCUT2D eigenvalue weighted by Crippen LogP contribution is -2.36. The molecule has 0 aliphatic rings. The van der Waals surface area contributed by atoms with Crippen LogP contribution in [-0.2, 0) is 11.3 Å². The van der Waals surface area contributed by atoms with Gasteiger partial charge in [-0.2, -0.15) is 0 Å². The van der Waals surface area contributed by atoms with E-state index in [2.05, 4.69) is 21.8 Å². The van der Waals surface area contributed by atoms with Gasteiger partial charge in [-0.3, -0.25) is 4.79 Å². The number of aromatic amines is 1. The number of H-pyrrole nitrogens is 1. The van der Waals surface area contributed by atoms with E-state index in [-0.39, 0.29) is 5.75 Å². The van der Waals surface area contributed by atoms with Gasteiger partial charge in [-0.05, 0) is 23.9 Å². The number of rotatable bonds is 6. The van der Waals surface area contributed by atoms with Crippen LogP contribution in [0, 0.1) is 0 Å². The van der Waals surface area contributed by atoms with Gasteiger partial charge >= 0.3 is 11.1 Å². The number of pyridine rings is 1. The van der Waals surface area contributed by atoms with Crippen LogP contribution in [0.25, 0.3) is 11.5 Å². The lowest BCUT2D eigenvalue weighted by Gasteiger charge is -1.99. The maximum Gasteiger partial charge on any atom is 0.337 e. The summed E-state index contributed by atoms with van der Waals surface area (Å²) in [6.07, 6.45) is 3.42. The Kier molecular flexibility index (Phi) is 4.30. The SMILES string of the molecule is C=CC[n+]1c(SCC(=O)O)n[nH]c1-c1ccccn1. The first-order chi connectivity index (χ1) is 9.22. The van der Waals surface area contributed by atoms with Gasteiger partial charge in [0.05, 0.1) is 11.6 Å². The molecule has 2 rings (SSSR count). The van der Waals surface area contributed by atoms with Gasteiger partial charge in [-0.15, -0.1) is 5.10 Å². The zero-order valence-corrected chi connectivity index (χ0v) is 10.9. The van der Waals surface area contributed by atoms with Crippen molar-refractivity contribution in [1.82, 2.24) is 15.2 Å². The molecule has 0 bridgehead atoms. The first-order valence-electron chi connectivity index (χ1n) is 5.57. The zero-order chi connectivity index (χ0) is 13.7. The molecule has 7 heteroatoms. The highest BCUT2D eigenvalue weighted by Crippen LogP contribution is 2.15. The molecule has 0 spiro atoms. The molecule has 2 aromatic rings. The van der Waals surface area contributed by atoms with E-state index in [1.807, 2.05) is 22.8 Å². The number of nitrogens with zero attached hydrogens (tertiary/aromatic N) is 3. The summed E-state index contributed by atoms with van der Waals surface area (Å²) in [4.78, 5) is 14.9. The molecule has 6 nitrogen and oxygen atoms in total. The number of thioether (sulfide) groups is 1. The monoisotopic (exact) mass is 277 g/mol. The molecular formula is C12H13N4O2S+. The highest BCUT2D eigenvalue weighted by Gasteiger charge is 2.22. The molecule has 0 aromatic carbocycles. The van der Waals surface area contributed by atoms with E-state index >= 15 is 0 Å². The second-order valence-electron chi connectivity index (χ2n) is 3.65. The predicted octanol–water partition coefficient (Wildman–Crippen LogP) is 1.12. The van der Waals surface area contributed by atoms with Crippen LogP contribution >= 0.6 is 11.8 Å². The van der Waals surface area contributed by atoms with Crippen LogP contribution < -0.4 is 4.57 Å². The third-order valence-corrected chi connectivity index (χ3v) is 3.26. The average Bonchev–Trinajstić information content (AvgIpc) is 2.81. The van der Waals surface area contributed by atoms with Crippen molar-refractivity contribution in [2.75, 3.05) is 5.75 Å². The summed E-state index contributed by atoms with van der Waals surface area (Å²) in [5, 5.41) is 16.3. The minimum Gasteiger partial charge on any atom is -0.481 e. The largest absolute Gasteiger partial charge is 0.481 e. The number of hydrogen-bond donors (Lipinski definition) is 2. The average molecular weight is 277 g/mol. The van der Waals surface area contributed by atoms with Gasteiger partial charge in [-0.25, -0.2) is 9.55 Å². The van der Waals surface area contributed by atoms with Gasteiger partial charge in [0.25, 0.3) is 5.82 Å². The molecule has 0 aliphatic carbocycles. The van der Waals surface area contributed by atoms with Crippen LogP contribution in [-0.4, -0.2) is 32.0 Å². The number of hydrogen-bond acceptors (Lipinski definition) is 4. The predicted molar refractivity (Wildman–Crippen MR) is 70.6 cm³/mol. The molecule has 0 radical (unpaired) electrons. The molecule has 0 aliphatic heterocycles. The minimum atomic E-state index is -0.877. The lowest BCUT2D eigenvalue weighted by molar-refractivity contribution is -0.713. The van der Waals surface area contributed by atoms with Crippen molar-refractivity contribution < 1.29 is 14.5 Å². The Hall–Kier alpha value is -2.15. The van der Waals surface area contributed by atoms with Gasteiger partial charge in [0, 0.05) is 6.20 Å². The smallest absolute Gasteiger partial charge is 0.337 e. The standard InChI is InChI=1S/C12H12N4O2S/c1-2-7-16-11(9-5-3-4-6-13-9)14-15-12(16)19-8-10(17)18/h2-6H,1,7-8H2,(H,17,18)/p+1. The fourth-order valence-electron chi connectivity index (χ4n) is 1.55. The van der Waals surface area contributed by atoms with Crippen molar-refractivity contribution in [3.05, 3.63) is 37.1 Å². The Balaban J connectivity index is 2.34. The summed E-state index contributed by atoms with van der Waals surface area (Å²) in [6, 6.07) is 5.57. The Morgan fingerprint density at radius 2 is 2.42 bits per heavy atom. The first kappa shape index (κ1) is 13.3. The summed E-state index contributed by atoms with van der Waals surface area (Å²) in [5.74, 6) is -0.185. The molecule has 19 heavy (non-hydrogen) atoms. The minimum absolute atomic E-state index is 0.0380. The Bertz CT molecular complexity index is 583. The maximum atomic E-state index is 10.6. The van der Waals surface area contributed by atoms with Crippen LogP contribution in [0.3, 0.4) is 0 Å². The van der Waals surface area contributed by atoms with E-state index in [1.165, 1.54) is 0 Å².